The number of hydrogen-bond acceptors (Lipinski definition) is 1. The van der Waals surface area contributed by atoms with Crippen LogP contribution < -0.4 is 5.32 Å². The van der Waals surface area contributed by atoms with Gasteiger partial charge in [0.2, 0.25) is 0 Å². The Labute approximate surface area is 160 Å². The fourth-order valence-corrected chi connectivity index (χ4v) is 3.84. The van der Waals surface area contributed by atoms with Crippen LogP contribution >= 0.6 is 0 Å². The van der Waals surface area contributed by atoms with E-state index in [4.69, 9.17) is 0 Å². The van der Waals surface area contributed by atoms with Gasteiger partial charge in [-0.3, -0.25) is 0 Å². The number of nitrogens with zero attached hydrogens (tertiary/aromatic N) is 1. The number of nitrogens with one attached hydrogen (secondary N) is 1. The Morgan fingerprint density at radius 3 is 2.33 bits per heavy atom. The fraction of sp³-hybridized carbons (Fsp3) is 0.208. The summed E-state index contributed by atoms with van der Waals surface area (Å²) in [7, 11) is 0. The largest absolute Gasteiger partial charge is 0.338 e. The van der Waals surface area contributed by atoms with E-state index in [2.05, 4.69) is 53.8 Å². The van der Waals surface area contributed by atoms with Crippen molar-refractivity contribution in [1.82, 2.24) is 10.2 Å². The number of fused-ring (bicyclic) bond motifs is 1. The molecule has 27 heavy (non-hydrogen) atoms. The molecular weight excluding hydrogens is 332 g/mol. The van der Waals surface area contributed by atoms with Crippen molar-refractivity contribution in [3.05, 3.63) is 107 Å². The van der Waals surface area contributed by atoms with Gasteiger partial charge in [0.25, 0.3) is 0 Å². The Bertz CT molecular complexity index is 893. The average molecular weight is 356 g/mol. The molecule has 1 aliphatic heterocycles. The molecule has 1 heterocycles. The molecule has 3 nitrogen and oxygen atoms in total. The zero-order valence-corrected chi connectivity index (χ0v) is 15.3. The molecule has 0 bridgehead atoms. The third kappa shape index (κ3) is 3.87. The lowest BCUT2D eigenvalue weighted by atomic mass is 9.88. The van der Waals surface area contributed by atoms with Crippen molar-refractivity contribution in [2.24, 2.45) is 0 Å². The molecule has 0 aromatic heterocycles. The highest BCUT2D eigenvalue weighted by atomic mass is 16.2. The van der Waals surface area contributed by atoms with Crippen molar-refractivity contribution >= 4 is 6.03 Å². The monoisotopic (exact) mass is 356 g/mol. The van der Waals surface area contributed by atoms with E-state index in [9.17, 15) is 4.79 Å². The first kappa shape index (κ1) is 17.3. The highest BCUT2D eigenvalue weighted by Crippen LogP contribution is 2.34. The smallest absolute Gasteiger partial charge is 0.318 e. The van der Waals surface area contributed by atoms with Gasteiger partial charge in [0.05, 0.1) is 6.04 Å². The van der Waals surface area contributed by atoms with E-state index in [0.29, 0.717) is 6.54 Å². The maximum absolute atomic E-state index is 13.0. The molecule has 3 aromatic rings. The number of carbonyl (C=O) groups excluding carboxylic acids is 1. The predicted molar refractivity (Wildman–Crippen MR) is 109 cm³/mol. The van der Waals surface area contributed by atoms with E-state index in [0.717, 1.165) is 24.9 Å². The predicted octanol–water partition coefficient (Wildman–Crippen LogP) is 4.59. The van der Waals surface area contributed by atoms with Crippen molar-refractivity contribution in [3.8, 4) is 0 Å². The molecule has 0 fully saturated rings. The topological polar surface area (TPSA) is 32.3 Å². The Kier molecular flexibility index (Phi) is 5.20. The van der Waals surface area contributed by atoms with Crippen LogP contribution in [0.15, 0.2) is 84.9 Å². The molecule has 0 spiro atoms. The summed E-state index contributed by atoms with van der Waals surface area (Å²) < 4.78 is 0. The second-order valence-corrected chi connectivity index (χ2v) is 6.92. The molecule has 0 aliphatic carbocycles. The normalized spacial score (nSPS) is 15.9. The van der Waals surface area contributed by atoms with E-state index >= 15 is 0 Å². The van der Waals surface area contributed by atoms with Crippen molar-refractivity contribution < 1.29 is 4.79 Å². The Morgan fingerprint density at radius 1 is 0.889 bits per heavy atom. The summed E-state index contributed by atoms with van der Waals surface area (Å²) in [6.45, 7) is 1.37. The number of hydrogen-bond donors (Lipinski definition) is 1. The van der Waals surface area contributed by atoms with Crippen molar-refractivity contribution in [2.75, 3.05) is 13.1 Å². The quantitative estimate of drug-likeness (QED) is 0.729. The van der Waals surface area contributed by atoms with Crippen LogP contribution in [-0.2, 0) is 12.8 Å². The highest BCUT2D eigenvalue weighted by Gasteiger charge is 2.31. The summed E-state index contributed by atoms with van der Waals surface area (Å²) in [6, 6.07) is 29.0. The minimum Gasteiger partial charge on any atom is -0.338 e. The zero-order chi connectivity index (χ0) is 18.5. The Hall–Kier alpha value is -3.07. The number of amides is 2. The second-order valence-electron chi connectivity index (χ2n) is 6.92. The molecule has 1 aliphatic rings. The van der Waals surface area contributed by atoms with E-state index < -0.39 is 0 Å². The van der Waals surface area contributed by atoms with Crippen LogP contribution in [0.1, 0.15) is 28.3 Å². The summed E-state index contributed by atoms with van der Waals surface area (Å²) in [6.07, 6.45) is 1.73. The SMILES string of the molecule is O=C(NCCc1ccccc1)N1CCc2ccccc2C1c1ccccc1. The van der Waals surface area contributed by atoms with Crippen LogP contribution in [0.2, 0.25) is 0 Å². The van der Waals surface area contributed by atoms with Gasteiger partial charge < -0.3 is 10.2 Å². The maximum atomic E-state index is 13.0. The molecular formula is C24H24N2O. The number of benzene rings is 3. The van der Waals surface area contributed by atoms with Crippen LogP contribution in [-0.4, -0.2) is 24.0 Å². The lowest BCUT2D eigenvalue weighted by Gasteiger charge is -2.37. The van der Waals surface area contributed by atoms with Gasteiger partial charge in [0.15, 0.2) is 0 Å². The van der Waals surface area contributed by atoms with Gasteiger partial charge in [0.1, 0.15) is 0 Å². The standard InChI is InChI=1S/C24H24N2O/c27-24(25-17-15-19-9-3-1-4-10-19)26-18-16-20-11-7-8-14-22(20)23(26)21-12-5-2-6-13-21/h1-14,23H,15-18H2,(H,25,27). The van der Waals surface area contributed by atoms with Gasteiger partial charge in [-0.25, -0.2) is 4.79 Å². The van der Waals surface area contributed by atoms with Crippen molar-refractivity contribution in [1.29, 1.82) is 0 Å². The molecule has 1 unspecified atom stereocenters. The first-order valence-corrected chi connectivity index (χ1v) is 9.54. The van der Waals surface area contributed by atoms with Crippen LogP contribution in [0.3, 0.4) is 0 Å². The Balaban J connectivity index is 1.53. The molecule has 136 valence electrons. The zero-order valence-electron chi connectivity index (χ0n) is 15.3. The summed E-state index contributed by atoms with van der Waals surface area (Å²) >= 11 is 0. The average Bonchev–Trinajstić information content (AvgIpc) is 2.74. The molecule has 0 radical (unpaired) electrons. The fourth-order valence-electron chi connectivity index (χ4n) is 3.84. The lowest BCUT2D eigenvalue weighted by molar-refractivity contribution is 0.180. The van der Waals surface area contributed by atoms with Crippen LogP contribution in [0.5, 0.6) is 0 Å². The molecule has 0 saturated carbocycles. The third-order valence-electron chi connectivity index (χ3n) is 5.19. The van der Waals surface area contributed by atoms with Crippen LogP contribution in [0.4, 0.5) is 4.79 Å². The summed E-state index contributed by atoms with van der Waals surface area (Å²) in [5, 5.41) is 3.12. The van der Waals surface area contributed by atoms with Gasteiger partial charge >= 0.3 is 6.03 Å². The van der Waals surface area contributed by atoms with E-state index in [1.807, 2.05) is 41.3 Å². The van der Waals surface area contributed by atoms with Gasteiger partial charge in [-0.1, -0.05) is 84.9 Å². The minimum atomic E-state index is -0.0344. The lowest BCUT2D eigenvalue weighted by Crippen LogP contribution is -2.46. The van der Waals surface area contributed by atoms with Crippen molar-refractivity contribution in [2.45, 2.75) is 18.9 Å². The number of carbonyl (C=O) groups is 1. The van der Waals surface area contributed by atoms with E-state index in [1.54, 1.807) is 0 Å². The van der Waals surface area contributed by atoms with Gasteiger partial charge in [-0.05, 0) is 35.1 Å². The number of urea groups is 1. The molecule has 2 amide bonds. The molecule has 3 aromatic carbocycles. The van der Waals surface area contributed by atoms with E-state index in [1.165, 1.54) is 16.7 Å². The van der Waals surface area contributed by atoms with Gasteiger partial charge in [0, 0.05) is 13.1 Å². The summed E-state index contributed by atoms with van der Waals surface area (Å²) in [5.41, 5.74) is 4.96. The van der Waals surface area contributed by atoms with E-state index in [-0.39, 0.29) is 12.1 Å². The van der Waals surface area contributed by atoms with Crippen molar-refractivity contribution in [3.63, 3.8) is 0 Å². The highest BCUT2D eigenvalue weighted by molar-refractivity contribution is 5.76. The van der Waals surface area contributed by atoms with Crippen LogP contribution in [0, 0.1) is 0 Å². The number of rotatable bonds is 4. The molecule has 1 N–H and O–H groups in total. The molecule has 3 heteroatoms. The first-order chi connectivity index (χ1) is 13.3. The molecule has 0 saturated heterocycles. The molecule has 1 atom stereocenters. The van der Waals surface area contributed by atoms with Gasteiger partial charge in [-0.15, -0.1) is 0 Å². The summed E-state index contributed by atoms with van der Waals surface area (Å²) in [4.78, 5) is 15.0. The minimum absolute atomic E-state index is 0.00860. The second kappa shape index (κ2) is 8.09. The summed E-state index contributed by atoms with van der Waals surface area (Å²) in [5.74, 6) is 0. The third-order valence-corrected chi connectivity index (χ3v) is 5.19. The van der Waals surface area contributed by atoms with Crippen LogP contribution in [0.25, 0.3) is 0 Å². The first-order valence-electron chi connectivity index (χ1n) is 9.54. The maximum Gasteiger partial charge on any atom is 0.318 e. The molecule has 4 rings (SSSR count). The van der Waals surface area contributed by atoms with Gasteiger partial charge in [-0.2, -0.15) is 0 Å². The Morgan fingerprint density at radius 2 is 1.56 bits per heavy atom.